The Hall–Kier alpha value is -2.84. The van der Waals surface area contributed by atoms with E-state index < -0.39 is 0 Å². The molecule has 33 heavy (non-hydrogen) atoms. The minimum Gasteiger partial charge on any atom is -1.00 e. The van der Waals surface area contributed by atoms with E-state index in [9.17, 15) is 4.79 Å². The van der Waals surface area contributed by atoms with Gasteiger partial charge in [-0.1, -0.05) is 0 Å². The van der Waals surface area contributed by atoms with E-state index in [1.165, 1.54) is 5.56 Å². The maximum absolute atomic E-state index is 12.8. The predicted octanol–water partition coefficient (Wildman–Crippen LogP) is 0.639. The van der Waals surface area contributed by atoms with Crippen molar-refractivity contribution in [3.8, 4) is 34.3 Å². The quantitative estimate of drug-likeness (QED) is 0.495. The Labute approximate surface area is 202 Å². The number of rotatable bonds is 2. The third-order valence-electron chi connectivity index (χ3n) is 6.26. The summed E-state index contributed by atoms with van der Waals surface area (Å²) in [5.74, 6) is 4.48. The fourth-order valence-electron chi connectivity index (χ4n) is 4.56. The molecule has 1 amide bonds. The first kappa shape index (κ1) is 22.0. The number of fused-ring (bicyclic) bond motifs is 5. The maximum atomic E-state index is 12.8. The lowest BCUT2D eigenvalue weighted by Crippen LogP contribution is -3.00. The lowest BCUT2D eigenvalue weighted by atomic mass is 9.95. The molecule has 1 fully saturated rings. The summed E-state index contributed by atoms with van der Waals surface area (Å²) in [6.07, 6.45) is 2.63. The van der Waals surface area contributed by atoms with Crippen LogP contribution in [0.2, 0.25) is 0 Å². The van der Waals surface area contributed by atoms with Crippen LogP contribution in [0, 0.1) is 0 Å². The molecule has 1 saturated heterocycles. The highest BCUT2D eigenvalue weighted by Gasteiger charge is 2.29. The average Bonchev–Trinajstić information content (AvgIpc) is 3.30. The number of nitrogens with zero attached hydrogens (tertiary/aromatic N) is 2. The van der Waals surface area contributed by atoms with Crippen LogP contribution in [-0.4, -0.2) is 49.5 Å². The normalized spacial score (nSPS) is 16.0. The summed E-state index contributed by atoms with van der Waals surface area (Å²) in [5.41, 5.74) is 3.49. The van der Waals surface area contributed by atoms with E-state index in [1.54, 1.807) is 12.0 Å². The Bertz CT molecular complexity index is 1250. The molecule has 0 spiro atoms. The van der Waals surface area contributed by atoms with Crippen LogP contribution in [0.3, 0.4) is 0 Å². The molecule has 9 heteroatoms. The molecule has 0 saturated carbocycles. The van der Waals surface area contributed by atoms with Gasteiger partial charge in [0.2, 0.25) is 12.5 Å². The van der Waals surface area contributed by atoms with Gasteiger partial charge in [-0.2, -0.15) is 16.3 Å². The Balaban J connectivity index is 0.00000228. The minimum atomic E-state index is -0.322. The topological polar surface area (TPSA) is 61.1 Å². The van der Waals surface area contributed by atoms with Gasteiger partial charge in [0.15, 0.2) is 35.7 Å². The van der Waals surface area contributed by atoms with Gasteiger partial charge < -0.3 is 36.3 Å². The first-order valence-electron chi connectivity index (χ1n) is 10.7. The maximum Gasteiger partial charge on any atom is 0.415 e. The van der Waals surface area contributed by atoms with E-state index >= 15 is 0 Å². The van der Waals surface area contributed by atoms with Crippen LogP contribution < -0.4 is 35.9 Å². The highest BCUT2D eigenvalue weighted by atomic mass is 35.5. The molecular formula is C24H23ClN2O5S. The second kappa shape index (κ2) is 8.83. The smallest absolute Gasteiger partial charge is 0.415 e. The van der Waals surface area contributed by atoms with Crippen LogP contribution in [0.1, 0.15) is 5.56 Å². The van der Waals surface area contributed by atoms with Crippen molar-refractivity contribution < 1.29 is 40.7 Å². The van der Waals surface area contributed by atoms with Crippen molar-refractivity contribution in [3.63, 3.8) is 0 Å². The number of hydrogen-bond donors (Lipinski definition) is 0. The van der Waals surface area contributed by atoms with Crippen LogP contribution in [-0.2, 0) is 13.0 Å². The lowest BCUT2D eigenvalue weighted by Gasteiger charge is -2.26. The number of methoxy groups -OCH3 is 1. The number of amides is 1. The zero-order valence-electron chi connectivity index (χ0n) is 18.1. The Morgan fingerprint density at radius 1 is 1.12 bits per heavy atom. The van der Waals surface area contributed by atoms with E-state index in [0.717, 1.165) is 58.0 Å². The first-order valence-corrected chi connectivity index (χ1v) is 11.9. The molecule has 0 bridgehead atoms. The number of aromatic nitrogens is 1. The van der Waals surface area contributed by atoms with E-state index in [-0.39, 0.29) is 25.3 Å². The molecule has 6 rings (SSSR count). The molecule has 0 atom stereocenters. The standard InChI is InChI=1S/C24H23N2O5S.ClH/c1-28-20-3-2-15-10-19-17-12-22-21(29-14-30-22)11-16(17)4-5-26(19)13-18(15)23(20)31-24(27)25-6-8-32-9-7-25;/h2-3,10-13H,4-9,14H2,1H3;1H/q+1;/p-1. The van der Waals surface area contributed by atoms with Gasteiger partial charge in [0, 0.05) is 37.1 Å². The van der Waals surface area contributed by atoms with Crippen LogP contribution >= 0.6 is 11.8 Å². The van der Waals surface area contributed by atoms with Crippen molar-refractivity contribution in [1.82, 2.24) is 4.90 Å². The number of thioether (sulfide) groups is 1. The molecule has 0 N–H and O–H groups in total. The number of carbonyl (C=O) groups is 1. The van der Waals surface area contributed by atoms with Gasteiger partial charge in [-0.05, 0) is 35.2 Å². The van der Waals surface area contributed by atoms with Gasteiger partial charge in [0.25, 0.3) is 0 Å². The van der Waals surface area contributed by atoms with Gasteiger partial charge in [0.05, 0.1) is 18.1 Å². The van der Waals surface area contributed by atoms with Crippen molar-refractivity contribution in [1.29, 1.82) is 0 Å². The highest BCUT2D eigenvalue weighted by Crippen LogP contribution is 2.41. The average molecular weight is 487 g/mol. The number of benzene rings is 2. The van der Waals surface area contributed by atoms with Crippen LogP contribution in [0.15, 0.2) is 36.5 Å². The molecule has 0 radical (unpaired) electrons. The van der Waals surface area contributed by atoms with Crippen molar-refractivity contribution >= 4 is 28.6 Å². The fourth-order valence-corrected chi connectivity index (χ4v) is 5.46. The number of carbonyl (C=O) groups excluding carboxylic acids is 1. The van der Waals surface area contributed by atoms with E-state index in [1.807, 2.05) is 23.9 Å². The number of ether oxygens (including phenoxy) is 4. The lowest BCUT2D eigenvalue weighted by molar-refractivity contribution is -0.686. The summed E-state index contributed by atoms with van der Waals surface area (Å²) in [4.78, 5) is 14.6. The predicted molar refractivity (Wildman–Crippen MR) is 121 cm³/mol. The molecule has 3 aliphatic heterocycles. The van der Waals surface area contributed by atoms with Crippen molar-refractivity contribution in [3.05, 3.63) is 42.1 Å². The Morgan fingerprint density at radius 2 is 1.91 bits per heavy atom. The second-order valence-electron chi connectivity index (χ2n) is 8.03. The summed E-state index contributed by atoms with van der Waals surface area (Å²) in [7, 11) is 1.60. The van der Waals surface area contributed by atoms with E-state index in [2.05, 4.69) is 29.0 Å². The molecule has 0 aliphatic carbocycles. The number of halogens is 1. The van der Waals surface area contributed by atoms with Gasteiger partial charge in [-0.3, -0.25) is 0 Å². The molecule has 3 aliphatic rings. The zero-order valence-corrected chi connectivity index (χ0v) is 19.7. The monoisotopic (exact) mass is 486 g/mol. The summed E-state index contributed by atoms with van der Waals surface area (Å²) >= 11 is 1.86. The third-order valence-corrected chi connectivity index (χ3v) is 7.20. The molecule has 1 aromatic heterocycles. The molecule has 3 aromatic rings. The highest BCUT2D eigenvalue weighted by molar-refractivity contribution is 7.99. The van der Waals surface area contributed by atoms with Crippen LogP contribution in [0.4, 0.5) is 4.79 Å². The Morgan fingerprint density at radius 3 is 2.70 bits per heavy atom. The summed E-state index contributed by atoms with van der Waals surface area (Å²) in [5, 5.41) is 1.84. The molecule has 172 valence electrons. The van der Waals surface area contributed by atoms with Crippen molar-refractivity contribution in [2.24, 2.45) is 0 Å². The summed E-state index contributed by atoms with van der Waals surface area (Å²) in [6, 6.07) is 10.2. The molecule has 0 unspecified atom stereocenters. The third kappa shape index (κ3) is 3.81. The number of aryl methyl sites for hydroxylation is 2. The first-order chi connectivity index (χ1) is 15.7. The SMILES string of the molecule is COc1ccc2cc3[n+](cc2c1OC(=O)N1CCSCC1)CCc1cc2c(cc1-3)OCO2.[Cl-]. The van der Waals surface area contributed by atoms with Crippen LogP contribution in [0.25, 0.3) is 22.0 Å². The zero-order chi connectivity index (χ0) is 21.7. The summed E-state index contributed by atoms with van der Waals surface area (Å²) < 4.78 is 24.8. The number of pyridine rings is 1. The molecule has 4 heterocycles. The van der Waals surface area contributed by atoms with E-state index in [0.29, 0.717) is 24.6 Å². The van der Waals surface area contributed by atoms with Gasteiger partial charge in [-0.15, -0.1) is 0 Å². The van der Waals surface area contributed by atoms with Crippen molar-refractivity contribution in [2.45, 2.75) is 13.0 Å². The van der Waals surface area contributed by atoms with Gasteiger partial charge in [0.1, 0.15) is 0 Å². The summed E-state index contributed by atoms with van der Waals surface area (Å²) in [6.45, 7) is 2.49. The fraction of sp³-hybridized carbons (Fsp3) is 0.333. The number of hydrogen-bond acceptors (Lipinski definition) is 6. The van der Waals surface area contributed by atoms with Gasteiger partial charge in [-0.25, -0.2) is 4.79 Å². The molecule has 2 aromatic carbocycles. The molecular weight excluding hydrogens is 464 g/mol. The second-order valence-corrected chi connectivity index (χ2v) is 9.26. The van der Waals surface area contributed by atoms with Gasteiger partial charge >= 0.3 is 6.09 Å². The van der Waals surface area contributed by atoms with Crippen molar-refractivity contribution in [2.75, 3.05) is 38.5 Å². The van der Waals surface area contributed by atoms with Crippen LogP contribution in [0.5, 0.6) is 23.0 Å². The Kier molecular flexibility index (Phi) is 5.88. The minimum absolute atomic E-state index is 0. The molecule has 7 nitrogen and oxygen atoms in total. The van der Waals surface area contributed by atoms with E-state index in [4.69, 9.17) is 18.9 Å². The largest absolute Gasteiger partial charge is 1.00 e.